The summed E-state index contributed by atoms with van der Waals surface area (Å²) in [5, 5.41) is 0. The molecule has 2 aliphatic heterocycles. The molecule has 7 heteroatoms. The maximum Gasteiger partial charge on any atom is 0.331 e. The number of benzene rings is 1. The van der Waals surface area contributed by atoms with Crippen molar-refractivity contribution < 1.29 is 23.8 Å². The maximum atomic E-state index is 12.8. The van der Waals surface area contributed by atoms with E-state index in [9.17, 15) is 9.59 Å². The molecule has 0 aliphatic carbocycles. The lowest BCUT2D eigenvalue weighted by atomic mass is 10.1. The minimum Gasteiger partial charge on any atom is -0.461 e. The molecule has 0 N–H and O–H groups in total. The first-order valence-corrected chi connectivity index (χ1v) is 7.60. The molecule has 1 aromatic carbocycles. The van der Waals surface area contributed by atoms with Crippen molar-refractivity contribution in [1.29, 1.82) is 0 Å². The quantitative estimate of drug-likeness (QED) is 0.546. The van der Waals surface area contributed by atoms with Crippen LogP contribution in [0, 0.1) is 3.57 Å². The number of esters is 1. The number of rotatable bonds is 2. The van der Waals surface area contributed by atoms with Gasteiger partial charge in [-0.3, -0.25) is 4.79 Å². The first-order valence-electron chi connectivity index (χ1n) is 6.52. The van der Waals surface area contributed by atoms with E-state index in [1.807, 2.05) is 12.1 Å². The highest BCUT2D eigenvalue weighted by molar-refractivity contribution is 14.1. The Labute approximate surface area is 135 Å². The molecule has 21 heavy (non-hydrogen) atoms. The molecule has 2 fully saturated rings. The van der Waals surface area contributed by atoms with Crippen LogP contribution in [-0.2, 0) is 19.0 Å². The van der Waals surface area contributed by atoms with Crippen LogP contribution in [0.4, 0.5) is 0 Å². The number of amides is 1. The van der Waals surface area contributed by atoms with E-state index >= 15 is 0 Å². The largest absolute Gasteiger partial charge is 0.461 e. The van der Waals surface area contributed by atoms with Gasteiger partial charge in [0.25, 0.3) is 5.91 Å². The molecule has 1 amide bonds. The molecule has 0 spiro atoms. The summed E-state index contributed by atoms with van der Waals surface area (Å²) in [6, 6.07) is 6.57. The van der Waals surface area contributed by atoms with Gasteiger partial charge in [0, 0.05) is 10.7 Å². The lowest BCUT2D eigenvalue weighted by Gasteiger charge is -2.38. The normalized spacial score (nSPS) is 28.2. The van der Waals surface area contributed by atoms with Gasteiger partial charge in [0.1, 0.15) is 12.7 Å². The topological polar surface area (TPSA) is 65.1 Å². The number of halogens is 1. The molecule has 3 atom stereocenters. The third-order valence-electron chi connectivity index (χ3n) is 3.62. The molecule has 0 saturated carbocycles. The summed E-state index contributed by atoms with van der Waals surface area (Å²) >= 11 is 2.11. The standard InChI is InChI=1S/C14H14INO5/c1-19-11-6-16(12-10(21-11)7-20-14(12)18)13(17)8-4-2-3-5-9(8)15/h2-5,10-12H,6-7H2,1H3/t10-,11+,12-/m1/s1. The Morgan fingerprint density at radius 1 is 1.43 bits per heavy atom. The highest BCUT2D eigenvalue weighted by atomic mass is 127. The molecule has 0 aromatic heterocycles. The minimum absolute atomic E-state index is 0.152. The van der Waals surface area contributed by atoms with Gasteiger partial charge in [0.05, 0.1) is 12.1 Å². The van der Waals surface area contributed by atoms with E-state index in [0.717, 1.165) is 3.57 Å². The van der Waals surface area contributed by atoms with Crippen molar-refractivity contribution in [3.8, 4) is 0 Å². The summed E-state index contributed by atoms with van der Waals surface area (Å²) in [5.74, 6) is -0.631. The molecular weight excluding hydrogens is 389 g/mol. The van der Waals surface area contributed by atoms with Crippen molar-refractivity contribution in [2.75, 3.05) is 20.3 Å². The van der Waals surface area contributed by atoms with Crippen LogP contribution in [0.2, 0.25) is 0 Å². The zero-order valence-electron chi connectivity index (χ0n) is 11.3. The van der Waals surface area contributed by atoms with Crippen molar-refractivity contribution in [3.63, 3.8) is 0 Å². The number of cyclic esters (lactones) is 1. The second-order valence-electron chi connectivity index (χ2n) is 4.85. The fourth-order valence-corrected chi connectivity index (χ4v) is 3.19. The number of nitrogens with zero attached hydrogens (tertiary/aromatic N) is 1. The Kier molecular flexibility index (Phi) is 4.14. The number of methoxy groups -OCH3 is 1. The van der Waals surface area contributed by atoms with E-state index in [2.05, 4.69) is 22.6 Å². The van der Waals surface area contributed by atoms with Crippen molar-refractivity contribution in [1.82, 2.24) is 4.90 Å². The van der Waals surface area contributed by atoms with Crippen LogP contribution >= 0.6 is 22.6 Å². The van der Waals surface area contributed by atoms with Crippen LogP contribution in [0.25, 0.3) is 0 Å². The highest BCUT2D eigenvalue weighted by Gasteiger charge is 2.49. The summed E-state index contributed by atoms with van der Waals surface area (Å²) in [7, 11) is 1.51. The fraction of sp³-hybridized carbons (Fsp3) is 0.429. The zero-order valence-corrected chi connectivity index (χ0v) is 13.5. The number of carbonyl (C=O) groups excluding carboxylic acids is 2. The summed E-state index contributed by atoms with van der Waals surface area (Å²) < 4.78 is 16.7. The first kappa shape index (κ1) is 14.7. The van der Waals surface area contributed by atoms with Crippen molar-refractivity contribution >= 4 is 34.5 Å². The molecule has 3 rings (SSSR count). The van der Waals surface area contributed by atoms with Gasteiger partial charge in [-0.2, -0.15) is 0 Å². The maximum absolute atomic E-state index is 12.8. The van der Waals surface area contributed by atoms with Crippen molar-refractivity contribution in [3.05, 3.63) is 33.4 Å². The summed E-state index contributed by atoms with van der Waals surface area (Å²) in [6.45, 7) is 0.357. The van der Waals surface area contributed by atoms with E-state index < -0.39 is 24.4 Å². The van der Waals surface area contributed by atoms with Crippen LogP contribution < -0.4 is 0 Å². The molecule has 2 aliphatic rings. The van der Waals surface area contributed by atoms with Crippen molar-refractivity contribution in [2.45, 2.75) is 18.4 Å². The Bertz CT molecular complexity index is 578. The van der Waals surface area contributed by atoms with E-state index in [-0.39, 0.29) is 19.1 Å². The van der Waals surface area contributed by atoms with E-state index in [1.165, 1.54) is 12.0 Å². The average Bonchev–Trinajstić information content (AvgIpc) is 2.87. The number of hydrogen-bond donors (Lipinski definition) is 0. The van der Waals surface area contributed by atoms with Crippen LogP contribution in [0.3, 0.4) is 0 Å². The summed E-state index contributed by atoms with van der Waals surface area (Å²) in [5.41, 5.74) is 0.563. The zero-order chi connectivity index (χ0) is 15.0. The number of carbonyl (C=O) groups is 2. The van der Waals surface area contributed by atoms with Crippen molar-refractivity contribution in [2.24, 2.45) is 0 Å². The molecule has 6 nitrogen and oxygen atoms in total. The number of ether oxygens (including phenoxy) is 3. The molecule has 0 bridgehead atoms. The van der Waals surface area contributed by atoms with Gasteiger partial charge >= 0.3 is 5.97 Å². The van der Waals surface area contributed by atoms with Crippen LogP contribution in [0.1, 0.15) is 10.4 Å². The predicted molar refractivity (Wildman–Crippen MR) is 80.6 cm³/mol. The molecule has 1 aromatic rings. The Balaban J connectivity index is 1.92. The molecule has 2 saturated heterocycles. The average molecular weight is 403 g/mol. The Morgan fingerprint density at radius 3 is 2.90 bits per heavy atom. The number of fused-ring (bicyclic) bond motifs is 1. The molecule has 0 unspecified atom stereocenters. The molecule has 0 radical (unpaired) electrons. The summed E-state index contributed by atoms with van der Waals surface area (Å²) in [4.78, 5) is 26.2. The first-order chi connectivity index (χ1) is 10.1. The predicted octanol–water partition coefficient (Wildman–Crippen LogP) is 1.03. The van der Waals surface area contributed by atoms with Crippen LogP contribution in [0.15, 0.2) is 24.3 Å². The van der Waals surface area contributed by atoms with Gasteiger partial charge in [-0.15, -0.1) is 0 Å². The SMILES string of the molecule is CO[C@@H]1CN(C(=O)c2ccccc2I)[C@H]2C(=O)OC[C@H]2O1. The molecular formula is C14H14INO5. The van der Waals surface area contributed by atoms with Gasteiger partial charge < -0.3 is 19.1 Å². The highest BCUT2D eigenvalue weighted by Crippen LogP contribution is 2.27. The Hall–Kier alpha value is -1.19. The van der Waals surface area contributed by atoms with E-state index in [0.29, 0.717) is 5.56 Å². The lowest BCUT2D eigenvalue weighted by molar-refractivity contribution is -0.199. The van der Waals surface area contributed by atoms with Gasteiger partial charge in [0.15, 0.2) is 12.3 Å². The molecule has 2 heterocycles. The van der Waals surface area contributed by atoms with Gasteiger partial charge in [-0.1, -0.05) is 12.1 Å². The second-order valence-corrected chi connectivity index (χ2v) is 6.01. The second kappa shape index (κ2) is 5.90. The van der Waals surface area contributed by atoms with Gasteiger partial charge in [0.2, 0.25) is 0 Å². The van der Waals surface area contributed by atoms with E-state index in [4.69, 9.17) is 14.2 Å². The minimum atomic E-state index is -0.695. The lowest BCUT2D eigenvalue weighted by Crippen LogP contribution is -2.58. The monoisotopic (exact) mass is 403 g/mol. The number of hydrogen-bond acceptors (Lipinski definition) is 5. The third-order valence-corrected chi connectivity index (χ3v) is 4.56. The smallest absolute Gasteiger partial charge is 0.331 e. The van der Waals surface area contributed by atoms with Gasteiger partial charge in [-0.25, -0.2) is 4.79 Å². The third kappa shape index (κ3) is 2.65. The van der Waals surface area contributed by atoms with Crippen LogP contribution in [0.5, 0.6) is 0 Å². The number of morpholine rings is 1. The van der Waals surface area contributed by atoms with Gasteiger partial charge in [-0.05, 0) is 34.7 Å². The van der Waals surface area contributed by atoms with Crippen LogP contribution in [-0.4, -0.2) is 55.5 Å². The summed E-state index contributed by atoms with van der Waals surface area (Å²) in [6.07, 6.45) is -1.02. The fourth-order valence-electron chi connectivity index (χ4n) is 2.58. The van der Waals surface area contributed by atoms with E-state index in [1.54, 1.807) is 12.1 Å². The molecule has 112 valence electrons. The Morgan fingerprint density at radius 2 is 2.19 bits per heavy atom.